The van der Waals surface area contributed by atoms with Crippen LogP contribution in [0.25, 0.3) is 11.0 Å². The highest BCUT2D eigenvalue weighted by atomic mass is 32.2. The van der Waals surface area contributed by atoms with E-state index in [0.29, 0.717) is 36.9 Å². The van der Waals surface area contributed by atoms with Gasteiger partial charge in [0, 0.05) is 24.0 Å². The summed E-state index contributed by atoms with van der Waals surface area (Å²) < 4.78 is 30.6. The molecule has 0 radical (unpaired) electrons. The molecule has 0 atom stereocenters. The van der Waals surface area contributed by atoms with Crippen molar-refractivity contribution in [1.29, 1.82) is 0 Å². The van der Waals surface area contributed by atoms with Crippen LogP contribution in [0, 0.1) is 6.92 Å². The first-order chi connectivity index (χ1) is 14.0. The summed E-state index contributed by atoms with van der Waals surface area (Å²) in [7, 11) is -3.26. The second-order valence-electron chi connectivity index (χ2n) is 6.75. The molecule has 2 aromatic carbocycles. The molecule has 3 aromatic rings. The van der Waals surface area contributed by atoms with Crippen molar-refractivity contribution in [3.8, 4) is 0 Å². The topological polar surface area (TPSA) is 83.7 Å². The summed E-state index contributed by atoms with van der Waals surface area (Å²) in [5.74, 6) is 1.56. The van der Waals surface area contributed by atoms with Crippen LogP contribution in [-0.2, 0) is 16.4 Å². The lowest BCUT2D eigenvalue weighted by Gasteiger charge is -2.11. The van der Waals surface area contributed by atoms with Crippen LogP contribution in [-0.4, -0.2) is 33.2 Å². The van der Waals surface area contributed by atoms with Crippen molar-refractivity contribution in [3.63, 3.8) is 0 Å². The van der Waals surface area contributed by atoms with E-state index < -0.39 is 9.84 Å². The van der Waals surface area contributed by atoms with Gasteiger partial charge in [-0.15, -0.1) is 0 Å². The second kappa shape index (κ2) is 9.60. The fourth-order valence-electron chi connectivity index (χ4n) is 3.08. The molecular formula is C22H27N3O3S. The molecule has 0 saturated carbocycles. The fourth-order valence-corrected chi connectivity index (χ4v) is 4.41. The molecule has 29 heavy (non-hydrogen) atoms. The van der Waals surface area contributed by atoms with Gasteiger partial charge in [0.1, 0.15) is 17.9 Å². The molecule has 0 aliphatic heterocycles. The van der Waals surface area contributed by atoms with Gasteiger partial charge in [0.25, 0.3) is 0 Å². The zero-order valence-electron chi connectivity index (χ0n) is 16.8. The van der Waals surface area contributed by atoms with Gasteiger partial charge in [-0.2, -0.15) is 0 Å². The molecule has 0 bridgehead atoms. The first-order valence-corrected chi connectivity index (χ1v) is 11.4. The van der Waals surface area contributed by atoms with E-state index in [2.05, 4.69) is 15.6 Å². The van der Waals surface area contributed by atoms with Crippen LogP contribution >= 0.6 is 0 Å². The van der Waals surface area contributed by atoms with Crippen LogP contribution in [0.5, 0.6) is 0 Å². The number of sulfone groups is 1. The van der Waals surface area contributed by atoms with Gasteiger partial charge in [0.05, 0.1) is 10.6 Å². The number of hydrogen-bond acceptors (Lipinski definition) is 4. The average Bonchev–Trinajstić information content (AvgIpc) is 3.06. The number of nitrogens with one attached hydrogen (secondary N) is 2. The zero-order chi connectivity index (χ0) is 20.7. The van der Waals surface area contributed by atoms with Gasteiger partial charge in [-0.3, -0.25) is 0 Å². The maximum atomic E-state index is 12.3. The molecule has 0 unspecified atom stereocenters. The minimum Gasteiger partial charge on any atom is -0.459 e. The number of para-hydroxylation sites is 1. The Labute approximate surface area is 172 Å². The van der Waals surface area contributed by atoms with Gasteiger partial charge in [-0.25, -0.2) is 13.4 Å². The number of nitrogens with zero attached hydrogens (tertiary/aromatic N) is 1. The summed E-state index contributed by atoms with van der Waals surface area (Å²) in [4.78, 5) is 4.95. The summed E-state index contributed by atoms with van der Waals surface area (Å²) >= 11 is 0. The molecule has 3 rings (SSSR count). The minimum absolute atomic E-state index is 0.0894. The van der Waals surface area contributed by atoms with Crippen LogP contribution in [0.3, 0.4) is 0 Å². The Morgan fingerprint density at radius 3 is 2.48 bits per heavy atom. The quantitative estimate of drug-likeness (QED) is 0.334. The van der Waals surface area contributed by atoms with Crippen LogP contribution in [0.15, 0.2) is 68.9 Å². The highest BCUT2D eigenvalue weighted by Crippen LogP contribution is 2.25. The van der Waals surface area contributed by atoms with Gasteiger partial charge >= 0.3 is 0 Å². The Morgan fingerprint density at radius 1 is 1.03 bits per heavy atom. The molecule has 6 nitrogen and oxygen atoms in total. The molecule has 154 valence electrons. The third-order valence-electron chi connectivity index (χ3n) is 4.65. The Bertz CT molecular complexity index is 1070. The molecular weight excluding hydrogens is 386 g/mol. The lowest BCUT2D eigenvalue weighted by molar-refractivity contribution is 0.548. The normalized spacial score (nSPS) is 12.3. The van der Waals surface area contributed by atoms with Crippen molar-refractivity contribution < 1.29 is 12.8 Å². The van der Waals surface area contributed by atoms with Crippen molar-refractivity contribution in [2.45, 2.75) is 31.7 Å². The molecule has 0 saturated heterocycles. The van der Waals surface area contributed by atoms with Crippen molar-refractivity contribution in [2.75, 3.05) is 18.8 Å². The zero-order valence-corrected chi connectivity index (χ0v) is 17.6. The van der Waals surface area contributed by atoms with E-state index in [0.717, 1.165) is 22.3 Å². The molecule has 1 aromatic heterocycles. The second-order valence-corrected chi connectivity index (χ2v) is 8.86. The number of aliphatic imine (C=N–C) groups is 1. The number of guanidine groups is 1. The minimum atomic E-state index is -3.26. The van der Waals surface area contributed by atoms with Crippen LogP contribution in [0.1, 0.15) is 24.7 Å². The number of benzene rings is 2. The van der Waals surface area contributed by atoms with E-state index in [-0.39, 0.29) is 5.75 Å². The smallest absolute Gasteiger partial charge is 0.191 e. The number of furan rings is 1. The molecule has 0 fully saturated rings. The SMILES string of the molecule is CCNC(=NCc1oc2ccccc2c1C)NCCCS(=O)(=O)c1ccccc1. The third-order valence-corrected chi connectivity index (χ3v) is 6.47. The van der Waals surface area contributed by atoms with E-state index in [1.807, 2.05) is 44.2 Å². The van der Waals surface area contributed by atoms with Crippen LogP contribution < -0.4 is 10.6 Å². The summed E-state index contributed by atoms with van der Waals surface area (Å²) in [5, 5.41) is 7.48. The monoisotopic (exact) mass is 413 g/mol. The maximum Gasteiger partial charge on any atom is 0.191 e. The maximum absolute atomic E-state index is 12.3. The molecule has 1 heterocycles. The summed E-state index contributed by atoms with van der Waals surface area (Å²) in [6, 6.07) is 16.5. The highest BCUT2D eigenvalue weighted by molar-refractivity contribution is 7.91. The lowest BCUT2D eigenvalue weighted by atomic mass is 10.1. The molecule has 7 heteroatoms. The van der Waals surface area contributed by atoms with Crippen LogP contribution in [0.4, 0.5) is 0 Å². The first kappa shape index (κ1) is 20.9. The molecule has 2 N–H and O–H groups in total. The number of aryl methyl sites for hydroxylation is 1. The average molecular weight is 414 g/mol. The molecule has 0 spiro atoms. The molecule has 0 aliphatic carbocycles. The van der Waals surface area contributed by atoms with E-state index in [9.17, 15) is 8.42 Å². The number of hydrogen-bond donors (Lipinski definition) is 2. The standard InChI is InChI=1S/C22H27N3O3S/c1-3-23-22(24-14-9-15-29(26,27)18-10-5-4-6-11-18)25-16-21-17(2)19-12-7-8-13-20(19)28-21/h4-8,10-13H,3,9,14-16H2,1-2H3,(H2,23,24,25). The summed E-state index contributed by atoms with van der Waals surface area (Å²) in [6.45, 7) is 5.66. The lowest BCUT2D eigenvalue weighted by Crippen LogP contribution is -2.38. The predicted molar refractivity (Wildman–Crippen MR) is 117 cm³/mol. The Morgan fingerprint density at radius 2 is 1.76 bits per heavy atom. The van der Waals surface area contributed by atoms with Gasteiger partial charge in [0.2, 0.25) is 0 Å². The van der Waals surface area contributed by atoms with E-state index in [1.165, 1.54) is 0 Å². The van der Waals surface area contributed by atoms with E-state index in [1.54, 1.807) is 24.3 Å². The van der Waals surface area contributed by atoms with Crippen molar-refractivity contribution in [1.82, 2.24) is 10.6 Å². The van der Waals surface area contributed by atoms with E-state index >= 15 is 0 Å². The van der Waals surface area contributed by atoms with E-state index in [4.69, 9.17) is 4.42 Å². The van der Waals surface area contributed by atoms with Crippen molar-refractivity contribution in [3.05, 3.63) is 65.9 Å². The van der Waals surface area contributed by atoms with Gasteiger partial charge in [-0.1, -0.05) is 36.4 Å². The molecule has 0 aliphatic rings. The Balaban J connectivity index is 1.57. The number of rotatable bonds is 8. The Hall–Kier alpha value is -2.80. The van der Waals surface area contributed by atoms with Crippen LogP contribution in [0.2, 0.25) is 0 Å². The van der Waals surface area contributed by atoms with Gasteiger partial charge in [0.15, 0.2) is 15.8 Å². The predicted octanol–water partition coefficient (Wildman–Crippen LogP) is 3.66. The largest absolute Gasteiger partial charge is 0.459 e. The van der Waals surface area contributed by atoms with Crippen molar-refractivity contribution in [2.24, 2.45) is 4.99 Å². The summed E-state index contributed by atoms with van der Waals surface area (Å²) in [5.41, 5.74) is 1.95. The highest BCUT2D eigenvalue weighted by Gasteiger charge is 2.13. The fraction of sp³-hybridized carbons (Fsp3) is 0.318. The summed E-state index contributed by atoms with van der Waals surface area (Å²) in [6.07, 6.45) is 0.491. The third kappa shape index (κ3) is 5.38. The molecule has 0 amide bonds. The first-order valence-electron chi connectivity index (χ1n) is 9.78. The van der Waals surface area contributed by atoms with Crippen molar-refractivity contribution >= 4 is 26.8 Å². The van der Waals surface area contributed by atoms with Gasteiger partial charge < -0.3 is 15.1 Å². The number of fused-ring (bicyclic) bond motifs is 1. The Kier molecular flexibility index (Phi) is 6.93. The van der Waals surface area contributed by atoms with Gasteiger partial charge in [-0.05, 0) is 38.5 Å².